The van der Waals surface area contributed by atoms with Gasteiger partial charge in [0.25, 0.3) is 11.5 Å². The van der Waals surface area contributed by atoms with Gasteiger partial charge in [0.15, 0.2) is 0 Å². The quantitative estimate of drug-likeness (QED) is 0.174. The van der Waals surface area contributed by atoms with Crippen LogP contribution in [0.25, 0.3) is 27.4 Å². The highest BCUT2D eigenvalue weighted by molar-refractivity contribution is 6.07. The van der Waals surface area contributed by atoms with Crippen molar-refractivity contribution in [3.8, 4) is 11.4 Å². The van der Waals surface area contributed by atoms with Crippen LogP contribution in [-0.4, -0.2) is 47.2 Å². The molecule has 0 radical (unpaired) electrons. The van der Waals surface area contributed by atoms with Crippen LogP contribution in [-0.2, 0) is 4.74 Å². The standard InChI is InChI=1S/C34H35N3O4/c1-4-31(36(22-11-23-40-3)33(38)28-16-10-13-24-12-6-7-14-27(24)28)32-35-30-17-9-8-15-29(30)34(39)37(32)25-18-20-26(21-19-25)41-5-2/h6-10,12-21,31H,4-5,11,22-23H2,1-3H3. The molecular formula is C34H35N3O4. The van der Waals surface area contributed by atoms with E-state index in [1.165, 1.54) is 0 Å². The van der Waals surface area contributed by atoms with Gasteiger partial charge in [0, 0.05) is 25.8 Å². The number of methoxy groups -OCH3 is 1. The van der Waals surface area contributed by atoms with Crippen molar-refractivity contribution in [2.24, 2.45) is 0 Å². The lowest BCUT2D eigenvalue weighted by Crippen LogP contribution is -2.39. The monoisotopic (exact) mass is 549 g/mol. The SMILES string of the molecule is CCOc1ccc(-n2c(C(CC)N(CCCOC)C(=O)c3cccc4ccccc34)nc3ccccc3c2=O)cc1. The topological polar surface area (TPSA) is 73.7 Å². The van der Waals surface area contributed by atoms with E-state index in [1.807, 2.05) is 104 Å². The van der Waals surface area contributed by atoms with Gasteiger partial charge in [-0.2, -0.15) is 0 Å². The number of aromatic nitrogens is 2. The number of carbonyl (C=O) groups excluding carboxylic acids is 1. The van der Waals surface area contributed by atoms with Crippen LogP contribution in [0.5, 0.6) is 5.75 Å². The highest BCUT2D eigenvalue weighted by Gasteiger charge is 2.30. The Morgan fingerprint density at radius 1 is 0.902 bits per heavy atom. The number of amides is 1. The Bertz CT molecular complexity index is 1710. The molecular weight excluding hydrogens is 514 g/mol. The molecule has 0 spiro atoms. The van der Waals surface area contributed by atoms with E-state index in [9.17, 15) is 9.59 Å². The molecule has 5 aromatic rings. The van der Waals surface area contributed by atoms with Crippen LogP contribution in [0.3, 0.4) is 0 Å². The van der Waals surface area contributed by atoms with Crippen LogP contribution in [0.2, 0.25) is 0 Å². The second-order valence-corrected chi connectivity index (χ2v) is 9.85. The number of hydrogen-bond donors (Lipinski definition) is 0. The number of benzene rings is 4. The summed E-state index contributed by atoms with van der Waals surface area (Å²) in [6.07, 6.45) is 1.20. The molecule has 0 N–H and O–H groups in total. The molecule has 1 aromatic heterocycles. The lowest BCUT2D eigenvalue weighted by Gasteiger charge is -2.33. The van der Waals surface area contributed by atoms with Gasteiger partial charge in [-0.1, -0.05) is 55.5 Å². The molecule has 0 saturated carbocycles. The maximum absolute atomic E-state index is 14.4. The van der Waals surface area contributed by atoms with Crippen molar-refractivity contribution in [2.45, 2.75) is 32.7 Å². The van der Waals surface area contributed by atoms with Crippen molar-refractivity contribution >= 4 is 27.6 Å². The number of hydrogen-bond acceptors (Lipinski definition) is 5. The Labute approximate surface area is 240 Å². The second kappa shape index (κ2) is 12.8. The molecule has 41 heavy (non-hydrogen) atoms. The van der Waals surface area contributed by atoms with E-state index in [0.29, 0.717) is 60.6 Å². The number of ether oxygens (including phenoxy) is 2. The van der Waals surface area contributed by atoms with E-state index in [-0.39, 0.29) is 11.5 Å². The van der Waals surface area contributed by atoms with Gasteiger partial charge < -0.3 is 14.4 Å². The van der Waals surface area contributed by atoms with Gasteiger partial charge >= 0.3 is 0 Å². The summed E-state index contributed by atoms with van der Waals surface area (Å²) < 4.78 is 12.6. The van der Waals surface area contributed by atoms with Crippen LogP contribution in [0.1, 0.15) is 48.9 Å². The number of rotatable bonds is 11. The fourth-order valence-electron chi connectivity index (χ4n) is 5.37. The van der Waals surface area contributed by atoms with Crippen molar-refractivity contribution in [1.82, 2.24) is 14.5 Å². The third kappa shape index (κ3) is 5.72. The van der Waals surface area contributed by atoms with Crippen LogP contribution in [0, 0.1) is 0 Å². The second-order valence-electron chi connectivity index (χ2n) is 9.85. The van der Waals surface area contributed by atoms with Gasteiger partial charge in [-0.25, -0.2) is 4.98 Å². The Hall–Kier alpha value is -4.49. The molecule has 1 heterocycles. The average Bonchev–Trinajstić information content (AvgIpc) is 3.01. The number of para-hydroxylation sites is 1. The molecule has 5 rings (SSSR count). The van der Waals surface area contributed by atoms with Gasteiger partial charge in [-0.15, -0.1) is 0 Å². The van der Waals surface area contributed by atoms with Crippen LogP contribution < -0.4 is 10.3 Å². The summed E-state index contributed by atoms with van der Waals surface area (Å²) in [6.45, 7) is 5.45. The summed E-state index contributed by atoms with van der Waals surface area (Å²) in [5, 5.41) is 2.41. The van der Waals surface area contributed by atoms with Gasteiger partial charge in [0.2, 0.25) is 0 Å². The third-order valence-corrected chi connectivity index (χ3v) is 7.30. The first-order valence-electron chi connectivity index (χ1n) is 14.1. The lowest BCUT2D eigenvalue weighted by atomic mass is 10.0. The summed E-state index contributed by atoms with van der Waals surface area (Å²) in [7, 11) is 1.66. The van der Waals surface area contributed by atoms with E-state index in [1.54, 1.807) is 17.7 Å². The summed E-state index contributed by atoms with van der Waals surface area (Å²) in [5.41, 5.74) is 1.71. The fraction of sp³-hybridized carbons (Fsp3) is 0.265. The minimum atomic E-state index is -0.470. The molecule has 1 unspecified atom stereocenters. The zero-order valence-corrected chi connectivity index (χ0v) is 23.7. The first-order chi connectivity index (χ1) is 20.1. The molecule has 210 valence electrons. The highest BCUT2D eigenvalue weighted by atomic mass is 16.5. The summed E-state index contributed by atoms with van der Waals surface area (Å²) in [4.78, 5) is 35.3. The van der Waals surface area contributed by atoms with E-state index in [2.05, 4.69) is 0 Å². The van der Waals surface area contributed by atoms with Crippen molar-refractivity contribution in [1.29, 1.82) is 0 Å². The molecule has 4 aromatic carbocycles. The van der Waals surface area contributed by atoms with Gasteiger partial charge in [0.1, 0.15) is 11.6 Å². The average molecular weight is 550 g/mol. The number of carbonyl (C=O) groups is 1. The highest BCUT2D eigenvalue weighted by Crippen LogP contribution is 2.30. The Morgan fingerprint density at radius 3 is 2.34 bits per heavy atom. The predicted octanol–water partition coefficient (Wildman–Crippen LogP) is 6.57. The van der Waals surface area contributed by atoms with Crippen molar-refractivity contribution in [3.63, 3.8) is 0 Å². The molecule has 1 atom stereocenters. The molecule has 0 aliphatic heterocycles. The lowest BCUT2D eigenvalue weighted by molar-refractivity contribution is 0.0636. The molecule has 0 aliphatic rings. The Balaban J connectivity index is 1.69. The van der Waals surface area contributed by atoms with Gasteiger partial charge in [-0.3, -0.25) is 14.2 Å². The number of nitrogens with zero attached hydrogens (tertiary/aromatic N) is 3. The minimum absolute atomic E-state index is 0.106. The molecule has 0 aliphatic carbocycles. The molecule has 7 nitrogen and oxygen atoms in total. The summed E-state index contributed by atoms with van der Waals surface area (Å²) >= 11 is 0. The normalized spacial score (nSPS) is 12.0. The van der Waals surface area contributed by atoms with Crippen LogP contribution in [0.15, 0.2) is 95.8 Å². The molecule has 1 amide bonds. The smallest absolute Gasteiger partial charge is 0.266 e. The maximum atomic E-state index is 14.4. The maximum Gasteiger partial charge on any atom is 0.266 e. The van der Waals surface area contributed by atoms with Crippen molar-refractivity contribution in [3.05, 3.63) is 113 Å². The summed E-state index contributed by atoms with van der Waals surface area (Å²) in [6, 6.07) is 28.0. The molecule has 0 saturated heterocycles. The van der Waals surface area contributed by atoms with Gasteiger partial charge in [-0.05, 0) is 73.0 Å². The van der Waals surface area contributed by atoms with Crippen LogP contribution >= 0.6 is 0 Å². The van der Waals surface area contributed by atoms with Crippen LogP contribution in [0.4, 0.5) is 0 Å². The first kappa shape index (κ1) is 28.1. The van der Waals surface area contributed by atoms with Gasteiger partial charge in [0.05, 0.1) is 29.2 Å². The van der Waals surface area contributed by atoms with E-state index in [4.69, 9.17) is 14.5 Å². The summed E-state index contributed by atoms with van der Waals surface area (Å²) in [5.74, 6) is 1.13. The number of fused-ring (bicyclic) bond motifs is 2. The molecule has 0 fully saturated rings. The molecule has 0 bridgehead atoms. The first-order valence-corrected chi connectivity index (χ1v) is 14.1. The van der Waals surface area contributed by atoms with Crippen molar-refractivity contribution in [2.75, 3.05) is 26.9 Å². The zero-order valence-electron chi connectivity index (χ0n) is 23.7. The van der Waals surface area contributed by atoms with Crippen molar-refractivity contribution < 1.29 is 14.3 Å². The van der Waals surface area contributed by atoms with E-state index >= 15 is 0 Å². The zero-order chi connectivity index (χ0) is 28.8. The molecule has 7 heteroatoms. The fourth-order valence-corrected chi connectivity index (χ4v) is 5.37. The Kier molecular flexibility index (Phi) is 8.75. The minimum Gasteiger partial charge on any atom is -0.494 e. The third-order valence-electron chi connectivity index (χ3n) is 7.30. The largest absolute Gasteiger partial charge is 0.494 e. The predicted molar refractivity (Wildman–Crippen MR) is 163 cm³/mol. The van der Waals surface area contributed by atoms with E-state index < -0.39 is 6.04 Å². The van der Waals surface area contributed by atoms with E-state index in [0.717, 1.165) is 16.5 Å². The Morgan fingerprint density at radius 2 is 1.61 bits per heavy atom.